The molecule has 0 aliphatic heterocycles. The summed E-state index contributed by atoms with van der Waals surface area (Å²) in [6.07, 6.45) is 6.16. The van der Waals surface area contributed by atoms with Crippen molar-refractivity contribution >= 4 is 29.3 Å². The summed E-state index contributed by atoms with van der Waals surface area (Å²) in [5.41, 5.74) is 2.04. The van der Waals surface area contributed by atoms with E-state index in [1.807, 2.05) is 25.9 Å². The van der Waals surface area contributed by atoms with Crippen molar-refractivity contribution < 1.29 is 9.59 Å². The maximum atomic E-state index is 12.1. The second-order valence-corrected chi connectivity index (χ2v) is 8.41. The number of carbonyl (C=O) groups excluding carboxylic acids is 2. The van der Waals surface area contributed by atoms with E-state index in [0.29, 0.717) is 55.4 Å². The van der Waals surface area contributed by atoms with Crippen molar-refractivity contribution in [3.63, 3.8) is 0 Å². The van der Waals surface area contributed by atoms with E-state index >= 15 is 0 Å². The number of likely N-dealkylation sites (N-methyl/N-ethyl adjacent to an activating group) is 2. The van der Waals surface area contributed by atoms with Gasteiger partial charge in [0.15, 0.2) is 0 Å². The first kappa shape index (κ1) is 28.8. The van der Waals surface area contributed by atoms with Gasteiger partial charge in [0.2, 0.25) is 17.8 Å². The molecule has 37 heavy (non-hydrogen) atoms. The van der Waals surface area contributed by atoms with Crippen molar-refractivity contribution in [3.8, 4) is 17.9 Å². The SMILES string of the molecule is CCNc1nc(Nc2ccc(C#N)cc2)ncc1C#CCCCNC(=O)CN(C)C(=O)/C=C/CN(C)C. The molecule has 2 amide bonds. The summed E-state index contributed by atoms with van der Waals surface area (Å²) in [5, 5.41) is 18.1. The van der Waals surface area contributed by atoms with Crippen molar-refractivity contribution in [2.24, 2.45) is 0 Å². The topological polar surface area (TPSA) is 126 Å². The van der Waals surface area contributed by atoms with Gasteiger partial charge in [-0.05, 0) is 51.7 Å². The number of benzene rings is 1. The minimum absolute atomic E-state index is 0.00303. The van der Waals surface area contributed by atoms with Crippen LogP contribution in [-0.2, 0) is 9.59 Å². The lowest BCUT2D eigenvalue weighted by atomic mass is 10.2. The predicted octanol–water partition coefficient (Wildman–Crippen LogP) is 2.35. The molecular formula is C27H34N8O2. The number of nitriles is 1. The van der Waals surface area contributed by atoms with Gasteiger partial charge in [-0.1, -0.05) is 17.9 Å². The first-order valence-electron chi connectivity index (χ1n) is 12.0. The number of carbonyl (C=O) groups is 2. The standard InChI is InChI=1S/C27H34N8O2/c1-5-29-26-22(19-31-27(33-26)32-23-14-12-21(18-28)13-15-23)10-7-6-8-16-30-24(36)20-35(4)25(37)11-9-17-34(2)3/h9,11-15,19H,5-6,8,16-17,20H2,1-4H3,(H,30,36)(H2,29,31,32,33)/b11-9+. The molecular weight excluding hydrogens is 468 g/mol. The summed E-state index contributed by atoms with van der Waals surface area (Å²) in [5.74, 6) is 6.82. The monoisotopic (exact) mass is 502 g/mol. The number of amides is 2. The Bertz CT molecular complexity index is 1170. The Balaban J connectivity index is 1.81. The largest absolute Gasteiger partial charge is 0.369 e. The van der Waals surface area contributed by atoms with E-state index in [9.17, 15) is 9.59 Å². The van der Waals surface area contributed by atoms with Crippen LogP contribution in [0.15, 0.2) is 42.6 Å². The van der Waals surface area contributed by atoms with E-state index in [4.69, 9.17) is 5.26 Å². The average molecular weight is 503 g/mol. The van der Waals surface area contributed by atoms with Crippen LogP contribution in [0.25, 0.3) is 0 Å². The fraction of sp³-hybridized carbons (Fsp3) is 0.370. The highest BCUT2D eigenvalue weighted by molar-refractivity contribution is 5.91. The smallest absolute Gasteiger partial charge is 0.246 e. The van der Waals surface area contributed by atoms with Crippen LogP contribution in [0.4, 0.5) is 17.5 Å². The molecule has 0 spiro atoms. The van der Waals surface area contributed by atoms with Crippen LogP contribution in [0.3, 0.4) is 0 Å². The van der Waals surface area contributed by atoms with Crippen LogP contribution in [-0.4, -0.2) is 78.9 Å². The highest BCUT2D eigenvalue weighted by Crippen LogP contribution is 2.17. The number of hydrogen-bond acceptors (Lipinski definition) is 8. The van der Waals surface area contributed by atoms with Gasteiger partial charge in [0.25, 0.3) is 0 Å². The second-order valence-electron chi connectivity index (χ2n) is 8.41. The molecule has 2 aromatic rings. The molecule has 1 heterocycles. The molecule has 1 aromatic carbocycles. The van der Waals surface area contributed by atoms with Gasteiger partial charge >= 0.3 is 0 Å². The van der Waals surface area contributed by atoms with Gasteiger partial charge in [-0.3, -0.25) is 9.59 Å². The molecule has 1 aromatic heterocycles. The molecule has 0 fully saturated rings. The molecule has 0 saturated carbocycles. The van der Waals surface area contributed by atoms with Crippen LogP contribution in [0, 0.1) is 23.2 Å². The zero-order chi connectivity index (χ0) is 27.0. The molecule has 0 saturated heterocycles. The third-order valence-corrected chi connectivity index (χ3v) is 4.91. The van der Waals surface area contributed by atoms with Gasteiger partial charge < -0.3 is 25.8 Å². The lowest BCUT2D eigenvalue weighted by Gasteiger charge is -2.14. The Labute approximate surface area is 218 Å². The summed E-state index contributed by atoms with van der Waals surface area (Å²) < 4.78 is 0. The Morgan fingerprint density at radius 3 is 2.59 bits per heavy atom. The number of aromatic nitrogens is 2. The molecule has 0 aliphatic carbocycles. The molecule has 0 radical (unpaired) electrons. The predicted molar refractivity (Wildman–Crippen MR) is 145 cm³/mol. The third kappa shape index (κ3) is 10.8. The number of rotatable bonds is 12. The van der Waals surface area contributed by atoms with Crippen molar-refractivity contribution in [3.05, 3.63) is 53.7 Å². The van der Waals surface area contributed by atoms with Gasteiger partial charge in [0, 0.05) is 44.9 Å². The summed E-state index contributed by atoms with van der Waals surface area (Å²) in [6, 6.07) is 9.11. The van der Waals surface area contributed by atoms with Crippen molar-refractivity contribution in [1.82, 2.24) is 25.1 Å². The minimum atomic E-state index is -0.210. The average Bonchev–Trinajstić information content (AvgIpc) is 2.87. The van der Waals surface area contributed by atoms with Crippen molar-refractivity contribution in [2.45, 2.75) is 19.8 Å². The van der Waals surface area contributed by atoms with Gasteiger partial charge in [-0.15, -0.1) is 0 Å². The molecule has 0 atom stereocenters. The van der Waals surface area contributed by atoms with Crippen LogP contribution in [0.1, 0.15) is 30.9 Å². The third-order valence-electron chi connectivity index (χ3n) is 4.91. The summed E-state index contributed by atoms with van der Waals surface area (Å²) >= 11 is 0. The molecule has 3 N–H and O–H groups in total. The Hall–Kier alpha value is -4.41. The molecule has 0 aliphatic rings. The molecule has 10 heteroatoms. The van der Waals surface area contributed by atoms with Crippen LogP contribution < -0.4 is 16.0 Å². The minimum Gasteiger partial charge on any atom is -0.369 e. The molecule has 0 bridgehead atoms. The number of unbranched alkanes of at least 4 members (excludes halogenated alkanes) is 1. The molecule has 0 unspecified atom stereocenters. The molecule has 194 valence electrons. The zero-order valence-corrected chi connectivity index (χ0v) is 21.8. The Morgan fingerprint density at radius 1 is 1.16 bits per heavy atom. The van der Waals surface area contributed by atoms with E-state index in [1.165, 1.54) is 11.0 Å². The highest BCUT2D eigenvalue weighted by atomic mass is 16.2. The van der Waals surface area contributed by atoms with E-state index in [1.54, 1.807) is 43.6 Å². The lowest BCUT2D eigenvalue weighted by molar-refractivity contribution is -0.131. The van der Waals surface area contributed by atoms with E-state index < -0.39 is 0 Å². The van der Waals surface area contributed by atoms with Crippen molar-refractivity contribution in [2.75, 3.05) is 58.0 Å². The number of hydrogen-bond donors (Lipinski definition) is 3. The number of nitrogens with zero attached hydrogens (tertiary/aromatic N) is 5. The summed E-state index contributed by atoms with van der Waals surface area (Å²) in [6.45, 7) is 3.78. The maximum absolute atomic E-state index is 12.1. The zero-order valence-electron chi connectivity index (χ0n) is 21.8. The second kappa shape index (κ2) is 15.6. The summed E-state index contributed by atoms with van der Waals surface area (Å²) in [4.78, 5) is 36.3. The van der Waals surface area contributed by atoms with Gasteiger partial charge in [0.05, 0.1) is 29.9 Å². The Kier molecular flexibility index (Phi) is 12.1. The van der Waals surface area contributed by atoms with E-state index in [-0.39, 0.29) is 18.4 Å². The Morgan fingerprint density at radius 2 is 1.92 bits per heavy atom. The van der Waals surface area contributed by atoms with E-state index in [2.05, 4.69) is 43.8 Å². The maximum Gasteiger partial charge on any atom is 0.246 e. The first-order chi connectivity index (χ1) is 17.8. The van der Waals surface area contributed by atoms with Gasteiger partial charge in [-0.2, -0.15) is 10.2 Å². The van der Waals surface area contributed by atoms with Gasteiger partial charge in [-0.25, -0.2) is 4.98 Å². The normalized spacial score (nSPS) is 10.4. The summed E-state index contributed by atoms with van der Waals surface area (Å²) in [7, 11) is 5.43. The quantitative estimate of drug-likeness (QED) is 0.229. The first-order valence-corrected chi connectivity index (χ1v) is 12.0. The number of nitrogens with one attached hydrogen (secondary N) is 3. The van der Waals surface area contributed by atoms with Gasteiger partial charge in [0.1, 0.15) is 5.82 Å². The fourth-order valence-corrected chi connectivity index (χ4v) is 3.00. The van der Waals surface area contributed by atoms with E-state index in [0.717, 1.165) is 5.69 Å². The number of anilines is 3. The van der Waals surface area contributed by atoms with Crippen LogP contribution >= 0.6 is 0 Å². The fourth-order valence-electron chi connectivity index (χ4n) is 3.00. The van der Waals surface area contributed by atoms with Crippen LogP contribution in [0.2, 0.25) is 0 Å². The molecule has 10 nitrogen and oxygen atoms in total. The van der Waals surface area contributed by atoms with Crippen molar-refractivity contribution in [1.29, 1.82) is 5.26 Å². The highest BCUT2D eigenvalue weighted by Gasteiger charge is 2.10. The lowest BCUT2D eigenvalue weighted by Crippen LogP contribution is -2.38. The molecule has 2 rings (SSSR count). The van der Waals surface area contributed by atoms with Crippen LogP contribution in [0.5, 0.6) is 0 Å².